The largest absolute Gasteiger partial charge is 0.0998 e. The molecule has 0 aromatic carbocycles. The number of hydrogen-bond donors (Lipinski definition) is 0. The molecule has 0 bridgehead atoms. The predicted molar refractivity (Wildman–Crippen MR) is 78.0 cm³/mol. The van der Waals surface area contributed by atoms with Gasteiger partial charge in [0.2, 0.25) is 0 Å². The fourth-order valence-corrected chi connectivity index (χ4v) is 2.66. The summed E-state index contributed by atoms with van der Waals surface area (Å²) in [5.41, 5.74) is 4.21. The van der Waals surface area contributed by atoms with E-state index in [-0.39, 0.29) is 0 Å². The van der Waals surface area contributed by atoms with Crippen LogP contribution in [0.25, 0.3) is 0 Å². The van der Waals surface area contributed by atoms with E-state index in [2.05, 4.69) is 59.1 Å². The zero-order valence-corrected chi connectivity index (χ0v) is 11.8. The highest BCUT2D eigenvalue weighted by molar-refractivity contribution is 5.26. The highest BCUT2D eigenvalue weighted by atomic mass is 14.3. The SMILES string of the molecule is C=C(C)CC(=C)/C=C/C1C(C)=CCCC1(C)C. The van der Waals surface area contributed by atoms with Crippen LogP contribution in [-0.4, -0.2) is 0 Å². The van der Waals surface area contributed by atoms with Crippen LogP contribution in [0, 0.1) is 11.3 Å². The molecule has 0 heterocycles. The fraction of sp³-hybridized carbons (Fsp3) is 0.529. The van der Waals surface area contributed by atoms with Gasteiger partial charge in [-0.25, -0.2) is 0 Å². The minimum Gasteiger partial charge on any atom is -0.0998 e. The van der Waals surface area contributed by atoms with Gasteiger partial charge in [-0.3, -0.25) is 0 Å². The zero-order valence-electron chi connectivity index (χ0n) is 11.8. The van der Waals surface area contributed by atoms with Gasteiger partial charge >= 0.3 is 0 Å². The Morgan fingerprint density at radius 2 is 2.12 bits per heavy atom. The molecular formula is C17H26. The van der Waals surface area contributed by atoms with Crippen molar-refractivity contribution in [2.75, 3.05) is 0 Å². The Bertz CT molecular complexity index is 363. The van der Waals surface area contributed by atoms with Crippen molar-refractivity contribution >= 4 is 0 Å². The first-order chi connectivity index (χ1) is 7.83. The molecule has 0 amide bonds. The number of allylic oxidation sites excluding steroid dienone is 6. The van der Waals surface area contributed by atoms with Gasteiger partial charge in [-0.15, -0.1) is 0 Å². The van der Waals surface area contributed by atoms with Gasteiger partial charge in [0.1, 0.15) is 0 Å². The summed E-state index contributed by atoms with van der Waals surface area (Å²) in [4.78, 5) is 0. The summed E-state index contributed by atoms with van der Waals surface area (Å²) in [5, 5.41) is 0. The molecule has 1 aliphatic rings. The van der Waals surface area contributed by atoms with Gasteiger partial charge in [-0.1, -0.05) is 62.0 Å². The van der Waals surface area contributed by atoms with Crippen LogP contribution < -0.4 is 0 Å². The quantitative estimate of drug-likeness (QED) is 0.445. The molecule has 17 heavy (non-hydrogen) atoms. The maximum Gasteiger partial charge on any atom is 0.00285 e. The predicted octanol–water partition coefficient (Wildman–Crippen LogP) is 5.45. The lowest BCUT2D eigenvalue weighted by Crippen LogP contribution is -2.26. The van der Waals surface area contributed by atoms with Crippen molar-refractivity contribution in [3.05, 3.63) is 48.1 Å². The maximum absolute atomic E-state index is 4.08. The first-order valence-electron chi connectivity index (χ1n) is 6.50. The molecule has 0 fully saturated rings. The van der Waals surface area contributed by atoms with Crippen LogP contribution in [0.15, 0.2) is 48.1 Å². The molecule has 0 aromatic rings. The Kier molecular flexibility index (Phi) is 4.56. The smallest absolute Gasteiger partial charge is 0.00285 e. The summed E-state index contributed by atoms with van der Waals surface area (Å²) >= 11 is 0. The number of rotatable bonds is 4. The van der Waals surface area contributed by atoms with Crippen LogP contribution in [0.1, 0.15) is 47.0 Å². The molecule has 0 heteroatoms. The first-order valence-corrected chi connectivity index (χ1v) is 6.50. The van der Waals surface area contributed by atoms with E-state index in [4.69, 9.17) is 0 Å². The topological polar surface area (TPSA) is 0 Å². The second kappa shape index (κ2) is 5.53. The lowest BCUT2D eigenvalue weighted by atomic mass is 9.68. The summed E-state index contributed by atoms with van der Waals surface area (Å²) in [7, 11) is 0. The Hall–Kier alpha value is -1.04. The molecule has 0 aromatic heterocycles. The summed E-state index contributed by atoms with van der Waals surface area (Å²) in [5.74, 6) is 0.554. The lowest BCUT2D eigenvalue weighted by Gasteiger charge is -2.36. The molecule has 1 atom stereocenters. The van der Waals surface area contributed by atoms with Gasteiger partial charge in [-0.05, 0) is 38.5 Å². The molecule has 0 aliphatic heterocycles. The third-order valence-corrected chi connectivity index (χ3v) is 3.64. The third kappa shape index (κ3) is 4.03. The zero-order chi connectivity index (χ0) is 13.1. The second-order valence-corrected chi connectivity index (χ2v) is 6.10. The molecule has 0 nitrogen and oxygen atoms in total. The molecule has 1 unspecified atom stereocenters. The molecule has 1 rings (SSSR count). The Morgan fingerprint density at radius 1 is 1.47 bits per heavy atom. The van der Waals surface area contributed by atoms with E-state index in [9.17, 15) is 0 Å². The van der Waals surface area contributed by atoms with E-state index >= 15 is 0 Å². The first kappa shape index (κ1) is 14.0. The van der Waals surface area contributed by atoms with Crippen molar-refractivity contribution in [2.24, 2.45) is 11.3 Å². The summed E-state index contributed by atoms with van der Waals surface area (Å²) in [6, 6.07) is 0. The van der Waals surface area contributed by atoms with Crippen molar-refractivity contribution in [1.82, 2.24) is 0 Å². The van der Waals surface area contributed by atoms with Crippen LogP contribution in [-0.2, 0) is 0 Å². The van der Waals surface area contributed by atoms with Gasteiger partial charge in [0.15, 0.2) is 0 Å². The van der Waals surface area contributed by atoms with Crippen LogP contribution in [0.2, 0.25) is 0 Å². The fourth-order valence-electron chi connectivity index (χ4n) is 2.66. The van der Waals surface area contributed by atoms with Crippen molar-refractivity contribution < 1.29 is 0 Å². The molecule has 94 valence electrons. The van der Waals surface area contributed by atoms with Crippen molar-refractivity contribution in [3.8, 4) is 0 Å². The van der Waals surface area contributed by atoms with E-state index in [0.29, 0.717) is 11.3 Å². The molecule has 0 saturated heterocycles. The van der Waals surface area contributed by atoms with E-state index in [1.54, 1.807) is 0 Å². The van der Waals surface area contributed by atoms with Gasteiger partial charge in [0.25, 0.3) is 0 Å². The minimum absolute atomic E-state index is 0.374. The van der Waals surface area contributed by atoms with Gasteiger partial charge in [-0.2, -0.15) is 0 Å². The van der Waals surface area contributed by atoms with Crippen molar-refractivity contribution in [3.63, 3.8) is 0 Å². The van der Waals surface area contributed by atoms with Crippen LogP contribution >= 0.6 is 0 Å². The Morgan fingerprint density at radius 3 is 2.65 bits per heavy atom. The van der Waals surface area contributed by atoms with Crippen LogP contribution in [0.5, 0.6) is 0 Å². The lowest BCUT2D eigenvalue weighted by molar-refractivity contribution is 0.255. The van der Waals surface area contributed by atoms with E-state index in [0.717, 1.165) is 12.0 Å². The van der Waals surface area contributed by atoms with Gasteiger partial charge in [0, 0.05) is 5.92 Å². The standard InChI is InChI=1S/C17H26/c1-13(2)12-14(3)9-10-16-15(4)8-7-11-17(16,5)6/h8-10,16H,1,3,7,11-12H2,2,4-6H3/b10-9+. The molecular weight excluding hydrogens is 204 g/mol. The summed E-state index contributed by atoms with van der Waals surface area (Å²) in [6.45, 7) is 17.0. The monoisotopic (exact) mass is 230 g/mol. The second-order valence-electron chi connectivity index (χ2n) is 6.10. The van der Waals surface area contributed by atoms with Gasteiger partial charge < -0.3 is 0 Å². The van der Waals surface area contributed by atoms with Crippen molar-refractivity contribution in [2.45, 2.75) is 47.0 Å². The minimum atomic E-state index is 0.374. The van der Waals surface area contributed by atoms with Crippen molar-refractivity contribution in [1.29, 1.82) is 0 Å². The normalized spacial score (nSPS) is 23.5. The summed E-state index contributed by atoms with van der Waals surface area (Å²) in [6.07, 6.45) is 10.3. The number of hydrogen-bond acceptors (Lipinski definition) is 0. The average Bonchev–Trinajstić information content (AvgIpc) is 2.14. The third-order valence-electron chi connectivity index (χ3n) is 3.64. The molecule has 0 N–H and O–H groups in total. The highest BCUT2D eigenvalue weighted by Gasteiger charge is 2.30. The van der Waals surface area contributed by atoms with E-state index in [1.807, 2.05) is 0 Å². The summed E-state index contributed by atoms with van der Waals surface area (Å²) < 4.78 is 0. The molecule has 0 radical (unpaired) electrons. The molecule has 0 saturated carbocycles. The van der Waals surface area contributed by atoms with Crippen LogP contribution in [0.4, 0.5) is 0 Å². The van der Waals surface area contributed by atoms with Crippen LogP contribution in [0.3, 0.4) is 0 Å². The van der Waals surface area contributed by atoms with E-state index < -0.39 is 0 Å². The van der Waals surface area contributed by atoms with Gasteiger partial charge in [0.05, 0.1) is 0 Å². The maximum atomic E-state index is 4.08. The Labute approximate surface area is 107 Å². The molecule has 0 spiro atoms. The average molecular weight is 230 g/mol. The highest BCUT2D eigenvalue weighted by Crippen LogP contribution is 2.41. The Balaban J connectivity index is 2.75. The van der Waals surface area contributed by atoms with E-state index in [1.165, 1.54) is 24.0 Å². The molecule has 1 aliphatic carbocycles.